The van der Waals surface area contributed by atoms with E-state index in [2.05, 4.69) is 25.7 Å². The first-order chi connectivity index (χ1) is 12.5. The highest BCUT2D eigenvalue weighted by Crippen LogP contribution is 2.19. The number of ether oxygens (including phenoxy) is 1. The van der Waals surface area contributed by atoms with Gasteiger partial charge in [-0.3, -0.25) is 4.68 Å². The average molecular weight is 360 g/mol. The van der Waals surface area contributed by atoms with Crippen LogP contribution in [0.5, 0.6) is 5.75 Å². The molecule has 0 saturated heterocycles. The van der Waals surface area contributed by atoms with Gasteiger partial charge in [0.25, 0.3) is 0 Å². The summed E-state index contributed by atoms with van der Waals surface area (Å²) < 4.78 is 7.36. The van der Waals surface area contributed by atoms with Crippen LogP contribution in [0.1, 0.15) is 38.3 Å². The third-order valence-electron chi connectivity index (χ3n) is 3.61. The molecule has 26 heavy (non-hydrogen) atoms. The molecule has 1 aromatic heterocycles. The van der Waals surface area contributed by atoms with E-state index >= 15 is 0 Å². The highest BCUT2D eigenvalue weighted by atomic mass is 16.5. The number of aliphatic hydroxyl groups is 1. The minimum absolute atomic E-state index is 0.0913. The van der Waals surface area contributed by atoms with Gasteiger partial charge < -0.3 is 20.5 Å². The highest BCUT2D eigenvalue weighted by molar-refractivity contribution is 5.79. The number of aliphatic imine (C=N–C) groups is 1. The summed E-state index contributed by atoms with van der Waals surface area (Å²) in [6.45, 7) is 7.39. The van der Waals surface area contributed by atoms with E-state index in [1.807, 2.05) is 52.1 Å². The zero-order valence-electron chi connectivity index (χ0n) is 15.8. The van der Waals surface area contributed by atoms with Gasteiger partial charge in [0.05, 0.1) is 12.2 Å². The number of rotatable bonds is 8. The van der Waals surface area contributed by atoms with Crippen molar-refractivity contribution >= 4 is 5.96 Å². The monoisotopic (exact) mass is 360 g/mol. The Labute approximate surface area is 154 Å². The summed E-state index contributed by atoms with van der Waals surface area (Å²) in [6.07, 6.45) is 0.916. The molecule has 1 atom stereocenters. The molecule has 2 aromatic rings. The molecular weight excluding hydrogens is 332 g/mol. The fraction of sp³-hybridized carbons (Fsp3) is 0.500. The first-order valence-corrected chi connectivity index (χ1v) is 8.79. The van der Waals surface area contributed by atoms with E-state index in [0.29, 0.717) is 19.0 Å². The average Bonchev–Trinajstić information content (AvgIpc) is 3.01. The number of nitrogens with one attached hydrogen (secondary N) is 2. The molecule has 2 rings (SSSR count). The van der Waals surface area contributed by atoms with Crippen molar-refractivity contribution in [3.05, 3.63) is 42.0 Å². The van der Waals surface area contributed by atoms with Crippen LogP contribution in [-0.2, 0) is 13.6 Å². The molecule has 8 nitrogen and oxygen atoms in total. The maximum Gasteiger partial charge on any atom is 0.191 e. The smallest absolute Gasteiger partial charge is 0.191 e. The van der Waals surface area contributed by atoms with Crippen molar-refractivity contribution in [2.75, 3.05) is 13.1 Å². The summed E-state index contributed by atoms with van der Waals surface area (Å²) in [5.74, 6) is 2.13. The molecule has 0 aliphatic rings. The quantitative estimate of drug-likeness (QED) is 0.486. The normalized spacial score (nSPS) is 12.9. The summed E-state index contributed by atoms with van der Waals surface area (Å²) in [5, 5.41) is 20.8. The molecule has 142 valence electrons. The Hall–Kier alpha value is -2.61. The molecule has 0 fully saturated rings. The molecule has 0 saturated carbocycles. The topological polar surface area (TPSA) is 96.6 Å². The van der Waals surface area contributed by atoms with E-state index < -0.39 is 6.10 Å². The van der Waals surface area contributed by atoms with Crippen LogP contribution in [0, 0.1) is 0 Å². The maximum atomic E-state index is 10.5. The summed E-state index contributed by atoms with van der Waals surface area (Å²) in [4.78, 5) is 8.62. The zero-order valence-corrected chi connectivity index (χ0v) is 15.8. The Balaban J connectivity index is 1.96. The van der Waals surface area contributed by atoms with Gasteiger partial charge in [-0.2, -0.15) is 5.10 Å². The summed E-state index contributed by atoms with van der Waals surface area (Å²) >= 11 is 0. The second kappa shape index (κ2) is 9.76. The lowest BCUT2D eigenvalue weighted by atomic mass is 10.1. The summed E-state index contributed by atoms with van der Waals surface area (Å²) in [7, 11) is 1.83. The predicted octanol–water partition coefficient (Wildman–Crippen LogP) is 1.39. The van der Waals surface area contributed by atoms with Crippen LogP contribution in [-0.4, -0.2) is 45.0 Å². The molecule has 0 amide bonds. The van der Waals surface area contributed by atoms with Crippen molar-refractivity contribution in [1.82, 2.24) is 25.4 Å². The van der Waals surface area contributed by atoms with Crippen molar-refractivity contribution in [2.45, 2.75) is 39.5 Å². The number of benzene rings is 1. The lowest BCUT2D eigenvalue weighted by Crippen LogP contribution is -2.39. The van der Waals surface area contributed by atoms with Crippen molar-refractivity contribution < 1.29 is 9.84 Å². The minimum atomic E-state index is -0.676. The molecule has 3 N–H and O–H groups in total. The van der Waals surface area contributed by atoms with Crippen molar-refractivity contribution in [3.8, 4) is 5.75 Å². The highest BCUT2D eigenvalue weighted by Gasteiger charge is 2.10. The van der Waals surface area contributed by atoms with E-state index in [1.54, 1.807) is 4.68 Å². The molecule has 0 aliphatic heterocycles. The second-order valence-corrected chi connectivity index (χ2v) is 6.13. The summed E-state index contributed by atoms with van der Waals surface area (Å²) in [5.41, 5.74) is 0.791. The molecule has 1 heterocycles. The number of nitrogens with zero attached hydrogens (tertiary/aromatic N) is 4. The Morgan fingerprint density at radius 2 is 2.15 bits per heavy atom. The lowest BCUT2D eigenvalue weighted by molar-refractivity contribution is 0.179. The number of hydrogen-bond donors (Lipinski definition) is 3. The molecule has 0 bridgehead atoms. The third kappa shape index (κ3) is 6.03. The predicted molar refractivity (Wildman–Crippen MR) is 101 cm³/mol. The fourth-order valence-electron chi connectivity index (χ4n) is 2.33. The van der Waals surface area contributed by atoms with E-state index in [4.69, 9.17) is 4.74 Å². The van der Waals surface area contributed by atoms with Crippen LogP contribution in [0.2, 0.25) is 0 Å². The molecule has 1 aromatic carbocycles. The van der Waals surface area contributed by atoms with Gasteiger partial charge in [-0.15, -0.1) is 0 Å². The van der Waals surface area contributed by atoms with Crippen molar-refractivity contribution in [1.29, 1.82) is 0 Å². The van der Waals surface area contributed by atoms with Gasteiger partial charge in [-0.1, -0.05) is 12.1 Å². The number of hydrogen-bond acceptors (Lipinski definition) is 5. The second-order valence-electron chi connectivity index (χ2n) is 6.13. The Kier molecular flexibility index (Phi) is 7.40. The van der Waals surface area contributed by atoms with Gasteiger partial charge in [0.15, 0.2) is 5.96 Å². The molecular formula is C18H28N6O2. The van der Waals surface area contributed by atoms with Gasteiger partial charge in [0.2, 0.25) is 0 Å². The standard InChI is InChI=1S/C18H28N6O2/c1-5-19-18(21-11-17-22-12-23-24(17)4)20-10-16(25)14-7-6-8-15(9-14)26-13(2)3/h6-9,12-13,16,25H,5,10-11H2,1-4H3,(H2,19,20,21). The van der Waals surface area contributed by atoms with Gasteiger partial charge in [-0.05, 0) is 38.5 Å². The molecule has 0 spiro atoms. The maximum absolute atomic E-state index is 10.5. The Morgan fingerprint density at radius 3 is 2.81 bits per heavy atom. The van der Waals surface area contributed by atoms with E-state index in [9.17, 15) is 5.11 Å². The Bertz CT molecular complexity index is 713. The van der Waals surface area contributed by atoms with Gasteiger partial charge in [-0.25, -0.2) is 9.98 Å². The van der Waals surface area contributed by atoms with Gasteiger partial charge in [0, 0.05) is 20.1 Å². The van der Waals surface area contributed by atoms with E-state index in [1.165, 1.54) is 6.33 Å². The number of guanidine groups is 1. The zero-order chi connectivity index (χ0) is 18.9. The molecule has 0 radical (unpaired) electrons. The number of aliphatic hydroxyl groups excluding tert-OH is 1. The van der Waals surface area contributed by atoms with Crippen LogP contribution in [0.4, 0.5) is 0 Å². The first kappa shape index (κ1) is 19.7. The van der Waals surface area contributed by atoms with E-state index in [0.717, 1.165) is 23.7 Å². The van der Waals surface area contributed by atoms with E-state index in [-0.39, 0.29) is 6.10 Å². The summed E-state index contributed by atoms with van der Waals surface area (Å²) in [6, 6.07) is 7.50. The fourth-order valence-corrected chi connectivity index (χ4v) is 2.33. The van der Waals surface area contributed by atoms with Crippen molar-refractivity contribution in [2.24, 2.45) is 12.0 Å². The van der Waals surface area contributed by atoms with Crippen LogP contribution in [0.25, 0.3) is 0 Å². The number of aromatic nitrogens is 3. The van der Waals surface area contributed by atoms with Gasteiger partial charge in [0.1, 0.15) is 24.4 Å². The minimum Gasteiger partial charge on any atom is -0.491 e. The SMILES string of the molecule is CCNC(=NCc1ncnn1C)NCC(O)c1cccc(OC(C)C)c1. The van der Waals surface area contributed by atoms with Crippen molar-refractivity contribution in [3.63, 3.8) is 0 Å². The lowest BCUT2D eigenvalue weighted by Gasteiger charge is -2.17. The van der Waals surface area contributed by atoms with Gasteiger partial charge >= 0.3 is 0 Å². The molecule has 8 heteroatoms. The first-order valence-electron chi connectivity index (χ1n) is 8.79. The number of aryl methyl sites for hydroxylation is 1. The molecule has 0 aliphatic carbocycles. The molecule has 1 unspecified atom stereocenters. The van der Waals surface area contributed by atoms with Crippen LogP contribution < -0.4 is 15.4 Å². The van der Waals surface area contributed by atoms with Crippen LogP contribution in [0.3, 0.4) is 0 Å². The third-order valence-corrected chi connectivity index (χ3v) is 3.61. The largest absolute Gasteiger partial charge is 0.491 e. The Morgan fingerprint density at radius 1 is 1.35 bits per heavy atom. The van der Waals surface area contributed by atoms with Crippen LogP contribution >= 0.6 is 0 Å². The van der Waals surface area contributed by atoms with Crippen LogP contribution in [0.15, 0.2) is 35.6 Å².